The van der Waals surface area contributed by atoms with Gasteiger partial charge in [-0.05, 0) is 6.07 Å². The normalized spacial score (nSPS) is 18.2. The molecule has 3 rings (SSSR count). The molecule has 1 aromatic rings. The zero-order valence-electron chi connectivity index (χ0n) is 12.8. The molecule has 0 fully saturated rings. The molecule has 2 aliphatic heterocycles. The van der Waals surface area contributed by atoms with E-state index in [1.165, 1.54) is 7.11 Å². The number of oxime groups is 1. The van der Waals surface area contributed by atoms with E-state index < -0.39 is 5.91 Å². The van der Waals surface area contributed by atoms with E-state index in [1.807, 2.05) is 11.5 Å². The second kappa shape index (κ2) is 6.21. The number of ether oxygens (including phenoxy) is 4. The van der Waals surface area contributed by atoms with Crippen LogP contribution in [0.5, 0.6) is 23.0 Å². The smallest absolute Gasteiger partial charge is 0.283 e. The van der Waals surface area contributed by atoms with Gasteiger partial charge in [0.05, 0.1) is 14.2 Å². The van der Waals surface area contributed by atoms with Gasteiger partial charge in [-0.25, -0.2) is 5.84 Å². The molecule has 0 saturated carbocycles. The lowest BCUT2D eigenvalue weighted by molar-refractivity contribution is -0.115. The Morgan fingerprint density at radius 3 is 2.87 bits per heavy atom. The number of nitrogens with zero attached hydrogens (tertiary/aromatic N) is 1. The summed E-state index contributed by atoms with van der Waals surface area (Å²) in [5.41, 5.74) is 3.10. The van der Waals surface area contributed by atoms with Crippen molar-refractivity contribution in [1.29, 1.82) is 0 Å². The van der Waals surface area contributed by atoms with Crippen LogP contribution >= 0.6 is 0 Å². The average molecular weight is 323 g/mol. The largest absolute Gasteiger partial charge is 0.492 e. The molecular formula is C14H17N3O6. The third kappa shape index (κ3) is 2.70. The van der Waals surface area contributed by atoms with Crippen molar-refractivity contribution in [3.63, 3.8) is 0 Å². The SMILES string of the molecule is COc1c(C[C@@H]2CC(C(=O)NN)=NO2)cc2c(c1OC)OCO2. The van der Waals surface area contributed by atoms with E-state index in [2.05, 4.69) is 5.16 Å². The maximum atomic E-state index is 11.5. The summed E-state index contributed by atoms with van der Waals surface area (Å²) < 4.78 is 21.6. The van der Waals surface area contributed by atoms with Crippen molar-refractivity contribution < 1.29 is 28.6 Å². The van der Waals surface area contributed by atoms with Gasteiger partial charge in [-0.2, -0.15) is 0 Å². The molecule has 0 aliphatic carbocycles. The van der Waals surface area contributed by atoms with Crippen LogP contribution in [-0.2, 0) is 16.1 Å². The molecule has 2 aliphatic rings. The summed E-state index contributed by atoms with van der Waals surface area (Å²) in [5.74, 6) is 6.74. The molecule has 0 spiro atoms. The Kier molecular flexibility index (Phi) is 4.11. The number of carbonyl (C=O) groups excluding carboxylic acids is 1. The number of benzene rings is 1. The molecule has 1 aromatic carbocycles. The van der Waals surface area contributed by atoms with Crippen molar-refractivity contribution >= 4 is 11.6 Å². The van der Waals surface area contributed by atoms with Crippen molar-refractivity contribution in [2.45, 2.75) is 18.9 Å². The molecule has 9 nitrogen and oxygen atoms in total. The summed E-state index contributed by atoms with van der Waals surface area (Å²) >= 11 is 0. The van der Waals surface area contributed by atoms with Gasteiger partial charge in [0, 0.05) is 18.4 Å². The minimum Gasteiger partial charge on any atom is -0.492 e. The van der Waals surface area contributed by atoms with Gasteiger partial charge in [-0.1, -0.05) is 5.16 Å². The highest BCUT2D eigenvalue weighted by molar-refractivity contribution is 6.38. The highest BCUT2D eigenvalue weighted by Crippen LogP contribution is 2.49. The number of rotatable bonds is 5. The predicted molar refractivity (Wildman–Crippen MR) is 78.6 cm³/mol. The molecule has 0 radical (unpaired) electrons. The molecule has 3 N–H and O–H groups in total. The zero-order chi connectivity index (χ0) is 16.4. The van der Waals surface area contributed by atoms with E-state index in [9.17, 15) is 4.79 Å². The Morgan fingerprint density at radius 1 is 1.39 bits per heavy atom. The number of amides is 1. The van der Waals surface area contributed by atoms with Crippen LogP contribution in [0, 0.1) is 0 Å². The molecule has 9 heteroatoms. The fraction of sp³-hybridized carbons (Fsp3) is 0.429. The first-order chi connectivity index (χ1) is 11.2. The highest BCUT2D eigenvalue weighted by atomic mass is 16.7. The number of carbonyl (C=O) groups is 1. The number of hydrogen-bond donors (Lipinski definition) is 2. The van der Waals surface area contributed by atoms with Gasteiger partial charge in [0.25, 0.3) is 5.91 Å². The Bertz CT molecular complexity index is 660. The monoisotopic (exact) mass is 323 g/mol. The van der Waals surface area contributed by atoms with Crippen LogP contribution in [0.1, 0.15) is 12.0 Å². The van der Waals surface area contributed by atoms with Gasteiger partial charge >= 0.3 is 0 Å². The van der Waals surface area contributed by atoms with E-state index in [1.54, 1.807) is 7.11 Å². The summed E-state index contributed by atoms with van der Waals surface area (Å²) in [5, 5.41) is 3.75. The molecular weight excluding hydrogens is 306 g/mol. The van der Waals surface area contributed by atoms with Crippen LogP contribution in [0.2, 0.25) is 0 Å². The Balaban J connectivity index is 1.83. The van der Waals surface area contributed by atoms with Gasteiger partial charge in [0.1, 0.15) is 11.8 Å². The fourth-order valence-electron chi connectivity index (χ4n) is 2.61. The average Bonchev–Trinajstić information content (AvgIpc) is 3.21. The van der Waals surface area contributed by atoms with Crippen molar-refractivity contribution in [3.05, 3.63) is 11.6 Å². The van der Waals surface area contributed by atoms with Gasteiger partial charge in [-0.15, -0.1) is 0 Å². The summed E-state index contributed by atoms with van der Waals surface area (Å²) in [7, 11) is 3.07. The lowest BCUT2D eigenvalue weighted by atomic mass is 10.0. The summed E-state index contributed by atoms with van der Waals surface area (Å²) in [6.07, 6.45) is 0.505. The molecule has 0 aromatic heterocycles. The lowest BCUT2D eigenvalue weighted by Gasteiger charge is -2.16. The Morgan fingerprint density at radius 2 is 2.17 bits per heavy atom. The maximum Gasteiger partial charge on any atom is 0.283 e. The molecule has 0 saturated heterocycles. The molecule has 1 atom stereocenters. The number of fused-ring (bicyclic) bond motifs is 1. The summed E-state index contributed by atoms with van der Waals surface area (Å²) in [4.78, 5) is 16.7. The quantitative estimate of drug-likeness (QED) is 0.449. The number of hydrogen-bond acceptors (Lipinski definition) is 8. The first-order valence-corrected chi connectivity index (χ1v) is 6.95. The molecule has 0 unspecified atom stereocenters. The summed E-state index contributed by atoms with van der Waals surface area (Å²) in [6.45, 7) is 0.127. The van der Waals surface area contributed by atoms with Crippen LogP contribution in [0.3, 0.4) is 0 Å². The number of hydrazine groups is 1. The van der Waals surface area contributed by atoms with Crippen molar-refractivity contribution in [3.8, 4) is 23.0 Å². The highest BCUT2D eigenvalue weighted by Gasteiger charge is 2.30. The number of nitrogens with one attached hydrogen (secondary N) is 1. The minimum absolute atomic E-state index is 0.127. The van der Waals surface area contributed by atoms with Crippen LogP contribution in [0.25, 0.3) is 0 Å². The standard InChI is InChI=1S/C14H17N3O6/c1-19-11-7(3-8-5-9(17-23-8)14(18)16-15)4-10-12(13(11)20-2)22-6-21-10/h4,8H,3,5-6,15H2,1-2H3,(H,16,18)/t8-/m1/s1. The minimum atomic E-state index is -0.456. The third-order valence-corrected chi connectivity index (χ3v) is 3.63. The van der Waals surface area contributed by atoms with Gasteiger partial charge < -0.3 is 23.8 Å². The third-order valence-electron chi connectivity index (χ3n) is 3.63. The van der Waals surface area contributed by atoms with Crippen LogP contribution in [-0.4, -0.2) is 38.7 Å². The second-order valence-corrected chi connectivity index (χ2v) is 4.98. The first kappa shape index (κ1) is 15.2. The lowest BCUT2D eigenvalue weighted by Crippen LogP contribution is -2.36. The first-order valence-electron chi connectivity index (χ1n) is 6.95. The number of nitrogens with two attached hydrogens (primary N) is 1. The Hall–Kier alpha value is -2.68. The van der Waals surface area contributed by atoms with E-state index in [-0.39, 0.29) is 18.6 Å². The van der Waals surface area contributed by atoms with E-state index in [0.29, 0.717) is 35.8 Å². The van der Waals surface area contributed by atoms with Crippen LogP contribution in [0.15, 0.2) is 11.2 Å². The molecule has 23 heavy (non-hydrogen) atoms. The molecule has 2 heterocycles. The number of methoxy groups -OCH3 is 2. The van der Waals surface area contributed by atoms with Crippen molar-refractivity contribution in [2.24, 2.45) is 11.0 Å². The second-order valence-electron chi connectivity index (χ2n) is 4.98. The van der Waals surface area contributed by atoms with Gasteiger partial charge in [-0.3, -0.25) is 10.2 Å². The fourth-order valence-corrected chi connectivity index (χ4v) is 2.61. The van der Waals surface area contributed by atoms with E-state index >= 15 is 0 Å². The maximum absolute atomic E-state index is 11.5. The van der Waals surface area contributed by atoms with Crippen molar-refractivity contribution in [2.75, 3.05) is 21.0 Å². The molecule has 0 bridgehead atoms. The van der Waals surface area contributed by atoms with Crippen molar-refractivity contribution in [1.82, 2.24) is 5.43 Å². The van der Waals surface area contributed by atoms with Gasteiger partial charge in [0.15, 0.2) is 11.5 Å². The van der Waals surface area contributed by atoms with Crippen LogP contribution in [0.4, 0.5) is 0 Å². The van der Waals surface area contributed by atoms with Gasteiger partial charge in [0.2, 0.25) is 18.3 Å². The van der Waals surface area contributed by atoms with Crippen LogP contribution < -0.4 is 30.2 Å². The topological polar surface area (TPSA) is 114 Å². The molecule has 124 valence electrons. The van der Waals surface area contributed by atoms with E-state index in [4.69, 9.17) is 29.6 Å². The van der Waals surface area contributed by atoms with E-state index in [0.717, 1.165) is 5.56 Å². The summed E-state index contributed by atoms with van der Waals surface area (Å²) in [6, 6.07) is 1.81. The molecule has 1 amide bonds. The zero-order valence-corrected chi connectivity index (χ0v) is 12.8. The predicted octanol–water partition coefficient (Wildman–Crippen LogP) is 0.110. The Labute approximate surface area is 132 Å².